The van der Waals surface area contributed by atoms with Crippen LogP contribution in [0.15, 0.2) is 59.0 Å². The summed E-state index contributed by atoms with van der Waals surface area (Å²) in [5.74, 6) is 0.793. The zero-order valence-electron chi connectivity index (χ0n) is 14.6. The molecule has 1 aromatic heterocycles. The van der Waals surface area contributed by atoms with Crippen molar-refractivity contribution in [3.05, 3.63) is 64.5 Å². The summed E-state index contributed by atoms with van der Waals surface area (Å²) in [6, 6.07) is 17.7. The number of anilines is 1. The highest BCUT2D eigenvalue weighted by Crippen LogP contribution is 2.24. The van der Waals surface area contributed by atoms with E-state index < -0.39 is 0 Å². The van der Waals surface area contributed by atoms with Crippen molar-refractivity contribution in [1.82, 2.24) is 4.98 Å². The van der Waals surface area contributed by atoms with E-state index in [1.54, 1.807) is 7.11 Å². The number of rotatable bonds is 6. The summed E-state index contributed by atoms with van der Waals surface area (Å²) < 4.78 is 5.17. The largest absolute Gasteiger partial charge is 0.497 e. The SMILES string of the molecule is CCc1ccc(N/N=C(/C#N)c2nc(-c3ccc(OC)cc3)cs2)cc1. The number of nitrogens with one attached hydrogen (secondary N) is 1. The van der Waals surface area contributed by atoms with Crippen molar-refractivity contribution < 1.29 is 4.74 Å². The summed E-state index contributed by atoms with van der Waals surface area (Å²) in [6.07, 6.45) is 0.986. The smallest absolute Gasteiger partial charge is 0.196 e. The molecule has 0 bridgehead atoms. The van der Waals surface area contributed by atoms with Gasteiger partial charge in [0.05, 0.1) is 18.5 Å². The average molecular weight is 362 g/mol. The lowest BCUT2D eigenvalue weighted by Crippen LogP contribution is -2.01. The number of hydrogen-bond donors (Lipinski definition) is 1. The van der Waals surface area contributed by atoms with Gasteiger partial charge in [0.2, 0.25) is 0 Å². The number of hydrogen-bond acceptors (Lipinski definition) is 6. The molecule has 3 aromatic rings. The topological polar surface area (TPSA) is 70.3 Å². The molecule has 0 atom stereocenters. The van der Waals surface area contributed by atoms with Crippen molar-refractivity contribution in [3.63, 3.8) is 0 Å². The number of nitriles is 1. The minimum Gasteiger partial charge on any atom is -0.497 e. The third-order valence-electron chi connectivity index (χ3n) is 3.86. The summed E-state index contributed by atoms with van der Waals surface area (Å²) in [6.45, 7) is 2.11. The molecule has 5 nitrogen and oxygen atoms in total. The molecule has 0 saturated heterocycles. The number of aromatic nitrogens is 1. The van der Waals surface area contributed by atoms with Crippen molar-refractivity contribution in [3.8, 4) is 23.1 Å². The molecule has 3 rings (SSSR count). The molecule has 0 unspecified atom stereocenters. The van der Waals surface area contributed by atoms with Crippen molar-refractivity contribution in [1.29, 1.82) is 5.26 Å². The lowest BCUT2D eigenvalue weighted by atomic mass is 10.2. The Morgan fingerprint density at radius 2 is 1.92 bits per heavy atom. The van der Waals surface area contributed by atoms with Gasteiger partial charge >= 0.3 is 0 Å². The van der Waals surface area contributed by atoms with E-state index in [-0.39, 0.29) is 5.71 Å². The van der Waals surface area contributed by atoms with Gasteiger partial charge < -0.3 is 4.74 Å². The van der Waals surface area contributed by atoms with Crippen LogP contribution in [0, 0.1) is 11.3 Å². The van der Waals surface area contributed by atoms with E-state index in [4.69, 9.17) is 4.74 Å². The molecular formula is C20H18N4OS. The third kappa shape index (κ3) is 4.08. The van der Waals surface area contributed by atoms with Gasteiger partial charge in [-0.15, -0.1) is 11.3 Å². The predicted octanol–water partition coefficient (Wildman–Crippen LogP) is 4.72. The Morgan fingerprint density at radius 3 is 2.54 bits per heavy atom. The van der Waals surface area contributed by atoms with Crippen LogP contribution in [0.3, 0.4) is 0 Å². The number of benzene rings is 2. The minimum absolute atomic E-state index is 0.259. The highest BCUT2D eigenvalue weighted by Gasteiger charge is 2.10. The molecule has 0 aliphatic rings. The van der Waals surface area contributed by atoms with Gasteiger partial charge in [0.1, 0.15) is 11.8 Å². The van der Waals surface area contributed by atoms with Crippen LogP contribution < -0.4 is 10.2 Å². The summed E-state index contributed by atoms with van der Waals surface area (Å²) in [4.78, 5) is 4.53. The number of nitrogens with zero attached hydrogens (tertiary/aromatic N) is 3. The zero-order chi connectivity index (χ0) is 18.4. The van der Waals surface area contributed by atoms with Gasteiger partial charge in [0.25, 0.3) is 0 Å². The second-order valence-electron chi connectivity index (χ2n) is 5.50. The van der Waals surface area contributed by atoms with E-state index in [1.807, 2.05) is 53.9 Å². The molecule has 0 amide bonds. The second-order valence-corrected chi connectivity index (χ2v) is 6.36. The van der Waals surface area contributed by atoms with E-state index in [1.165, 1.54) is 16.9 Å². The molecule has 0 aliphatic heterocycles. The van der Waals surface area contributed by atoms with Gasteiger partial charge in [-0.05, 0) is 48.4 Å². The number of hydrazone groups is 1. The third-order valence-corrected chi connectivity index (χ3v) is 4.71. The van der Waals surface area contributed by atoms with Crippen LogP contribution in [-0.4, -0.2) is 17.8 Å². The van der Waals surface area contributed by atoms with E-state index >= 15 is 0 Å². The Kier molecular flexibility index (Phi) is 5.62. The Morgan fingerprint density at radius 1 is 1.19 bits per heavy atom. The number of thiazole rings is 1. The Labute approximate surface area is 156 Å². The van der Waals surface area contributed by atoms with Gasteiger partial charge in [-0.25, -0.2) is 4.98 Å². The van der Waals surface area contributed by atoms with Gasteiger partial charge in [-0.1, -0.05) is 19.1 Å². The molecule has 1 heterocycles. The molecule has 0 fully saturated rings. The fourth-order valence-electron chi connectivity index (χ4n) is 2.33. The van der Waals surface area contributed by atoms with Gasteiger partial charge in [0, 0.05) is 10.9 Å². The monoisotopic (exact) mass is 362 g/mol. The maximum atomic E-state index is 9.42. The highest BCUT2D eigenvalue weighted by atomic mass is 32.1. The first-order valence-corrected chi connectivity index (χ1v) is 9.04. The van der Waals surface area contributed by atoms with Crippen LogP contribution in [-0.2, 0) is 6.42 Å². The zero-order valence-corrected chi connectivity index (χ0v) is 15.4. The fraction of sp³-hybridized carbons (Fsp3) is 0.150. The molecule has 1 N–H and O–H groups in total. The quantitative estimate of drug-likeness (QED) is 0.509. The number of ether oxygens (including phenoxy) is 1. The minimum atomic E-state index is 0.259. The fourth-order valence-corrected chi connectivity index (χ4v) is 3.10. The highest BCUT2D eigenvalue weighted by molar-refractivity contribution is 7.12. The van der Waals surface area contributed by atoms with Crippen molar-refractivity contribution in [2.24, 2.45) is 5.10 Å². The molecule has 0 saturated carbocycles. The molecule has 0 aliphatic carbocycles. The van der Waals surface area contributed by atoms with Crippen molar-refractivity contribution in [2.75, 3.05) is 12.5 Å². The number of aryl methyl sites for hydroxylation is 1. The second kappa shape index (κ2) is 8.28. The van der Waals surface area contributed by atoms with Crippen LogP contribution in [0.4, 0.5) is 5.69 Å². The number of methoxy groups -OCH3 is 1. The van der Waals surface area contributed by atoms with Crippen molar-refractivity contribution >= 4 is 22.7 Å². The molecule has 2 aromatic carbocycles. The molecule has 26 heavy (non-hydrogen) atoms. The van der Waals surface area contributed by atoms with Crippen LogP contribution in [0.25, 0.3) is 11.3 Å². The summed E-state index contributed by atoms with van der Waals surface area (Å²) >= 11 is 1.39. The molecule has 6 heteroatoms. The van der Waals surface area contributed by atoms with Crippen LogP contribution >= 0.6 is 11.3 Å². The maximum Gasteiger partial charge on any atom is 0.196 e. The first-order valence-electron chi connectivity index (χ1n) is 8.16. The predicted molar refractivity (Wildman–Crippen MR) is 106 cm³/mol. The van der Waals surface area contributed by atoms with Gasteiger partial charge in [-0.3, -0.25) is 5.43 Å². The summed E-state index contributed by atoms with van der Waals surface area (Å²) in [5, 5.41) is 16.1. The van der Waals surface area contributed by atoms with Crippen molar-refractivity contribution in [2.45, 2.75) is 13.3 Å². The Hall–Kier alpha value is -3.17. The van der Waals surface area contributed by atoms with E-state index in [0.29, 0.717) is 5.01 Å². The van der Waals surface area contributed by atoms with Gasteiger partial charge in [-0.2, -0.15) is 10.4 Å². The van der Waals surface area contributed by atoms with E-state index in [2.05, 4.69) is 28.5 Å². The van der Waals surface area contributed by atoms with E-state index in [9.17, 15) is 5.26 Å². The lowest BCUT2D eigenvalue weighted by molar-refractivity contribution is 0.415. The molecule has 130 valence electrons. The Balaban J connectivity index is 1.77. The van der Waals surface area contributed by atoms with E-state index in [0.717, 1.165) is 29.1 Å². The first-order chi connectivity index (χ1) is 12.7. The molecule has 0 radical (unpaired) electrons. The van der Waals surface area contributed by atoms with Crippen LogP contribution in [0.5, 0.6) is 5.75 Å². The summed E-state index contributed by atoms with van der Waals surface area (Å²) in [5.41, 5.74) is 7.05. The average Bonchev–Trinajstić information content (AvgIpc) is 3.19. The molecule has 0 spiro atoms. The molecular weight excluding hydrogens is 344 g/mol. The maximum absolute atomic E-state index is 9.42. The van der Waals surface area contributed by atoms with Crippen LogP contribution in [0.1, 0.15) is 17.5 Å². The lowest BCUT2D eigenvalue weighted by Gasteiger charge is -2.02. The van der Waals surface area contributed by atoms with Gasteiger partial charge in [0.15, 0.2) is 10.7 Å². The first kappa shape index (κ1) is 17.6. The normalized spacial score (nSPS) is 11.0. The summed E-state index contributed by atoms with van der Waals surface area (Å²) in [7, 11) is 1.63. The standard InChI is InChI=1S/C20H18N4OS/c1-3-14-4-8-16(9-5-14)23-24-18(12-21)20-22-19(13-26-20)15-6-10-17(25-2)11-7-15/h4-11,13,23H,3H2,1-2H3/b24-18-. The van der Waals surface area contributed by atoms with Crippen LogP contribution in [0.2, 0.25) is 0 Å². The Bertz CT molecular complexity index is 937.